The molecule has 0 aromatic heterocycles. The third kappa shape index (κ3) is 17.8. The Morgan fingerprint density at radius 2 is 1.56 bits per heavy atom. The van der Waals surface area contributed by atoms with E-state index in [1.165, 1.54) is 6.92 Å². The van der Waals surface area contributed by atoms with Gasteiger partial charge >= 0.3 is 18.2 Å². The highest BCUT2D eigenvalue weighted by Gasteiger charge is 2.42. The molecule has 1 aromatic carbocycles. The number of nitrogens with two attached hydrogens (primary N) is 1. The summed E-state index contributed by atoms with van der Waals surface area (Å²) in [6, 6.07) is 1.12. The largest absolute Gasteiger partial charge is 0.461 e. The average Bonchev–Trinajstić information content (AvgIpc) is 3.33. The molecule has 1 heterocycles. The van der Waals surface area contributed by atoms with Crippen LogP contribution in [0.25, 0.3) is 0 Å². The number of ether oxygens (including phenoxy) is 1. The molecule has 16 heteroatoms. The quantitative estimate of drug-likeness (QED) is 0.0728. The molecule has 296 valence electrons. The SMILES string of the molecule is CC.CC.CC(=O)OCc1ccc(NC(=O)C(CCCNC(N)=O)NC(=O)C(NC(CCCCCN2C(=O)CC(C)C2=O)C(F)(F)F)C(C)C)cc1. The van der Waals surface area contributed by atoms with Gasteiger partial charge in [0.25, 0.3) is 0 Å². The fourth-order valence-electron chi connectivity index (χ4n) is 5.15. The monoisotopic (exact) mass is 744 g/mol. The van der Waals surface area contributed by atoms with E-state index in [0.29, 0.717) is 24.1 Å². The van der Waals surface area contributed by atoms with Gasteiger partial charge in [0.05, 0.1) is 6.04 Å². The molecule has 6 N–H and O–H groups in total. The first-order valence-corrected chi connectivity index (χ1v) is 18.0. The average molecular weight is 745 g/mol. The van der Waals surface area contributed by atoms with E-state index in [1.807, 2.05) is 27.7 Å². The van der Waals surface area contributed by atoms with Crippen molar-refractivity contribution < 1.29 is 46.7 Å². The van der Waals surface area contributed by atoms with Gasteiger partial charge in [-0.05, 0) is 49.3 Å². The Kier molecular flexibility index (Phi) is 22.9. The minimum absolute atomic E-state index is 0.0384. The molecule has 0 bridgehead atoms. The van der Waals surface area contributed by atoms with E-state index in [9.17, 15) is 41.9 Å². The number of urea groups is 1. The van der Waals surface area contributed by atoms with Gasteiger partial charge in [-0.2, -0.15) is 13.2 Å². The van der Waals surface area contributed by atoms with Crippen LogP contribution in [0.5, 0.6) is 0 Å². The summed E-state index contributed by atoms with van der Waals surface area (Å²) in [6.07, 6.45) is -3.79. The third-order valence-electron chi connectivity index (χ3n) is 7.83. The van der Waals surface area contributed by atoms with E-state index < -0.39 is 54.0 Å². The van der Waals surface area contributed by atoms with Gasteiger partial charge in [-0.3, -0.25) is 34.2 Å². The summed E-state index contributed by atoms with van der Waals surface area (Å²) in [6.45, 7) is 14.4. The summed E-state index contributed by atoms with van der Waals surface area (Å²) in [5.41, 5.74) is 6.13. The van der Waals surface area contributed by atoms with Crippen molar-refractivity contribution in [3.05, 3.63) is 29.8 Å². The Bertz CT molecular complexity index is 1280. The number of imide groups is 1. The maximum Gasteiger partial charge on any atom is 0.403 e. The summed E-state index contributed by atoms with van der Waals surface area (Å²) in [7, 11) is 0. The number of amides is 6. The van der Waals surface area contributed by atoms with Crippen LogP contribution in [0, 0.1) is 11.8 Å². The smallest absolute Gasteiger partial charge is 0.403 e. The van der Waals surface area contributed by atoms with E-state index in [1.54, 1.807) is 45.0 Å². The molecular weight excluding hydrogens is 685 g/mol. The van der Waals surface area contributed by atoms with E-state index in [-0.39, 0.29) is 69.5 Å². The number of nitrogens with zero attached hydrogens (tertiary/aromatic N) is 1. The number of esters is 1. The first-order chi connectivity index (χ1) is 24.5. The number of primary amides is 1. The van der Waals surface area contributed by atoms with Crippen LogP contribution in [-0.4, -0.2) is 77.9 Å². The summed E-state index contributed by atoms with van der Waals surface area (Å²) in [4.78, 5) is 74.0. The number of carbonyl (C=O) groups excluding carboxylic acids is 6. The lowest BCUT2D eigenvalue weighted by atomic mass is 9.99. The molecule has 0 radical (unpaired) electrons. The number of benzene rings is 1. The van der Waals surface area contributed by atoms with Crippen molar-refractivity contribution in [2.45, 2.75) is 131 Å². The van der Waals surface area contributed by atoms with Crippen molar-refractivity contribution in [1.29, 1.82) is 0 Å². The van der Waals surface area contributed by atoms with E-state index >= 15 is 0 Å². The molecule has 1 saturated heterocycles. The number of anilines is 1. The molecule has 13 nitrogen and oxygen atoms in total. The molecule has 1 fully saturated rings. The molecule has 1 aliphatic heterocycles. The molecule has 1 aromatic rings. The van der Waals surface area contributed by atoms with Crippen molar-refractivity contribution in [1.82, 2.24) is 20.9 Å². The van der Waals surface area contributed by atoms with Crippen molar-refractivity contribution in [3.63, 3.8) is 0 Å². The number of rotatable bonds is 19. The molecule has 4 unspecified atom stereocenters. The van der Waals surface area contributed by atoms with E-state index in [2.05, 4.69) is 21.3 Å². The first-order valence-electron chi connectivity index (χ1n) is 18.0. The van der Waals surface area contributed by atoms with Crippen LogP contribution < -0.4 is 27.0 Å². The molecule has 0 aliphatic carbocycles. The predicted octanol–water partition coefficient (Wildman–Crippen LogP) is 5.17. The molecule has 0 saturated carbocycles. The predicted molar refractivity (Wildman–Crippen MR) is 193 cm³/mol. The number of unbranched alkanes of at least 4 members (excludes halogenated alkanes) is 2. The molecule has 0 spiro atoms. The lowest BCUT2D eigenvalue weighted by Gasteiger charge is -2.30. The van der Waals surface area contributed by atoms with Crippen LogP contribution in [-0.2, 0) is 35.3 Å². The van der Waals surface area contributed by atoms with Gasteiger partial charge in [-0.15, -0.1) is 0 Å². The van der Waals surface area contributed by atoms with Crippen LogP contribution in [0.1, 0.15) is 106 Å². The second kappa shape index (κ2) is 24.9. The van der Waals surface area contributed by atoms with Crippen molar-refractivity contribution in [2.24, 2.45) is 17.6 Å². The van der Waals surface area contributed by atoms with Crippen molar-refractivity contribution in [3.8, 4) is 0 Å². The minimum atomic E-state index is -4.68. The van der Waals surface area contributed by atoms with Gasteiger partial charge in [0, 0.05) is 38.0 Å². The molecule has 2 rings (SSSR count). The maximum atomic E-state index is 14.1. The number of likely N-dealkylation sites (tertiary alicyclic amines) is 1. The van der Waals surface area contributed by atoms with Gasteiger partial charge in [0.1, 0.15) is 18.7 Å². The van der Waals surface area contributed by atoms with Gasteiger partial charge in [0.15, 0.2) is 0 Å². The number of carbonyl (C=O) groups is 6. The Morgan fingerprint density at radius 1 is 0.942 bits per heavy atom. The first kappa shape index (κ1) is 47.8. The molecule has 4 atom stereocenters. The molecule has 6 amide bonds. The number of alkyl halides is 3. The highest BCUT2D eigenvalue weighted by Crippen LogP contribution is 2.26. The fourth-order valence-corrected chi connectivity index (χ4v) is 5.15. The zero-order valence-corrected chi connectivity index (χ0v) is 31.8. The molecule has 52 heavy (non-hydrogen) atoms. The van der Waals surface area contributed by atoms with Crippen LogP contribution >= 0.6 is 0 Å². The normalized spacial score (nSPS) is 15.7. The Labute approximate surface area is 305 Å². The van der Waals surface area contributed by atoms with Gasteiger partial charge in [-0.25, -0.2) is 4.79 Å². The summed E-state index contributed by atoms with van der Waals surface area (Å²) >= 11 is 0. The number of hydrogen-bond donors (Lipinski definition) is 5. The Morgan fingerprint density at radius 3 is 2.06 bits per heavy atom. The van der Waals surface area contributed by atoms with Crippen LogP contribution in [0.3, 0.4) is 0 Å². The number of nitrogens with one attached hydrogen (secondary N) is 4. The maximum absolute atomic E-state index is 14.1. The Balaban J connectivity index is 0.00000627. The fraction of sp³-hybridized carbons (Fsp3) is 0.667. The van der Waals surface area contributed by atoms with Gasteiger partial charge in [-0.1, -0.05) is 73.4 Å². The summed E-state index contributed by atoms with van der Waals surface area (Å²) in [5.74, 6) is -3.42. The number of hydrogen-bond acceptors (Lipinski definition) is 8. The van der Waals surface area contributed by atoms with Gasteiger partial charge in [0.2, 0.25) is 23.6 Å². The van der Waals surface area contributed by atoms with Crippen LogP contribution in [0.4, 0.5) is 23.7 Å². The van der Waals surface area contributed by atoms with Crippen molar-refractivity contribution in [2.75, 3.05) is 18.4 Å². The van der Waals surface area contributed by atoms with Gasteiger partial charge < -0.3 is 26.4 Å². The Hall–Kier alpha value is -4.21. The lowest BCUT2D eigenvalue weighted by Crippen LogP contribution is -2.58. The van der Waals surface area contributed by atoms with E-state index in [4.69, 9.17) is 10.5 Å². The zero-order chi connectivity index (χ0) is 40.0. The second-order valence-corrected chi connectivity index (χ2v) is 12.3. The molecule has 1 aliphatic rings. The number of halogens is 3. The summed E-state index contributed by atoms with van der Waals surface area (Å²) < 4.78 is 47.2. The van der Waals surface area contributed by atoms with Crippen molar-refractivity contribution >= 4 is 41.3 Å². The van der Waals surface area contributed by atoms with Crippen LogP contribution in [0.2, 0.25) is 0 Å². The third-order valence-corrected chi connectivity index (χ3v) is 7.83. The highest BCUT2D eigenvalue weighted by molar-refractivity contribution is 6.03. The topological polar surface area (TPSA) is 189 Å². The standard InChI is InChI=1S/C32H47F3N6O7.2C2H6/c1-19(2)27(40-25(32(33,34)35)10-6-5-7-16-41-26(43)17-20(3)30(41)46)29(45)39-24(9-8-15-37-31(36)47)28(44)38-23-13-11-22(12-14-23)18-48-21(4)42;2*1-2/h11-14,19-20,24-25,27,40H,5-10,15-18H2,1-4H3,(H,38,44)(H,39,45)(H3,36,37,47);2*1-2H3. The molecular formula is C36H59F3N6O7. The highest BCUT2D eigenvalue weighted by atomic mass is 19.4. The van der Waals surface area contributed by atoms with E-state index in [0.717, 1.165) is 4.90 Å². The second-order valence-electron chi connectivity index (χ2n) is 12.3. The zero-order valence-electron chi connectivity index (χ0n) is 31.8. The minimum Gasteiger partial charge on any atom is -0.461 e. The summed E-state index contributed by atoms with van der Waals surface area (Å²) in [5, 5.41) is 10.1. The van der Waals surface area contributed by atoms with Crippen LogP contribution in [0.15, 0.2) is 24.3 Å². The lowest BCUT2D eigenvalue weighted by molar-refractivity contribution is -0.161.